The van der Waals surface area contributed by atoms with Crippen LogP contribution in [0.15, 0.2) is 22.7 Å². The Labute approximate surface area is 115 Å². The van der Waals surface area contributed by atoms with Gasteiger partial charge in [-0.3, -0.25) is 4.79 Å². The molecule has 0 aliphatic carbocycles. The second kappa shape index (κ2) is 4.89. The number of sulfone groups is 1. The van der Waals surface area contributed by atoms with Crippen LogP contribution < -0.4 is 11.1 Å². The van der Waals surface area contributed by atoms with Gasteiger partial charge >= 0.3 is 0 Å². The smallest absolute Gasteiger partial charge is 0.245 e. The standard InChI is InChI=1S/C11H15BrN2O3S/c1-11(2,18(3,16)17)10(15)14-9-5-4-7(13)6-8(9)12/h4-6H,13H2,1-3H3,(H,14,15). The van der Waals surface area contributed by atoms with Crippen LogP contribution in [0, 0.1) is 0 Å². The van der Waals surface area contributed by atoms with Crippen molar-refractivity contribution in [2.45, 2.75) is 18.6 Å². The highest BCUT2D eigenvalue weighted by molar-refractivity contribution is 9.10. The zero-order chi connectivity index (χ0) is 14.1. The molecule has 0 aromatic heterocycles. The SMILES string of the molecule is CC(C)(C(=O)Nc1ccc(N)cc1Br)S(C)(=O)=O. The number of halogens is 1. The zero-order valence-corrected chi connectivity index (χ0v) is 12.7. The Morgan fingerprint density at radius 1 is 1.39 bits per heavy atom. The molecule has 0 fully saturated rings. The Bertz CT molecular complexity index is 582. The van der Waals surface area contributed by atoms with Crippen LogP contribution in [0.4, 0.5) is 11.4 Å². The van der Waals surface area contributed by atoms with Gasteiger partial charge in [-0.1, -0.05) is 0 Å². The molecule has 18 heavy (non-hydrogen) atoms. The molecule has 0 radical (unpaired) electrons. The van der Waals surface area contributed by atoms with Crippen molar-refractivity contribution in [2.75, 3.05) is 17.3 Å². The summed E-state index contributed by atoms with van der Waals surface area (Å²) in [5, 5.41) is 2.56. The molecule has 7 heteroatoms. The molecule has 100 valence electrons. The number of rotatable bonds is 3. The van der Waals surface area contributed by atoms with Gasteiger partial charge in [-0.25, -0.2) is 8.42 Å². The van der Waals surface area contributed by atoms with E-state index in [1.807, 2.05) is 0 Å². The van der Waals surface area contributed by atoms with Gasteiger partial charge in [0.2, 0.25) is 5.91 Å². The summed E-state index contributed by atoms with van der Waals surface area (Å²) in [6.07, 6.45) is 1.03. The van der Waals surface area contributed by atoms with Crippen LogP contribution in [0.2, 0.25) is 0 Å². The number of anilines is 2. The van der Waals surface area contributed by atoms with E-state index in [-0.39, 0.29) is 0 Å². The molecule has 0 heterocycles. The first-order valence-electron chi connectivity index (χ1n) is 5.12. The van der Waals surface area contributed by atoms with Crippen LogP contribution >= 0.6 is 15.9 Å². The van der Waals surface area contributed by atoms with E-state index in [0.717, 1.165) is 6.26 Å². The second-order valence-electron chi connectivity index (χ2n) is 4.48. The Hall–Kier alpha value is -1.08. The minimum atomic E-state index is -3.49. The van der Waals surface area contributed by atoms with Crippen molar-refractivity contribution < 1.29 is 13.2 Å². The van der Waals surface area contributed by atoms with E-state index in [4.69, 9.17) is 5.73 Å². The summed E-state index contributed by atoms with van der Waals surface area (Å²) in [4.78, 5) is 12.0. The predicted octanol–water partition coefficient (Wildman–Crippen LogP) is 1.79. The molecule has 1 aromatic carbocycles. The molecule has 0 saturated heterocycles. The van der Waals surface area contributed by atoms with Gasteiger partial charge in [0.25, 0.3) is 0 Å². The lowest BCUT2D eigenvalue weighted by atomic mass is 10.2. The minimum Gasteiger partial charge on any atom is -0.399 e. The van der Waals surface area contributed by atoms with Gasteiger partial charge in [0.05, 0.1) is 5.69 Å². The van der Waals surface area contributed by atoms with E-state index >= 15 is 0 Å². The van der Waals surface area contributed by atoms with Crippen LogP contribution in [0.5, 0.6) is 0 Å². The van der Waals surface area contributed by atoms with Crippen LogP contribution in [0.3, 0.4) is 0 Å². The lowest BCUT2D eigenvalue weighted by Crippen LogP contribution is -2.43. The fourth-order valence-electron chi connectivity index (χ4n) is 1.07. The highest BCUT2D eigenvalue weighted by Crippen LogP contribution is 2.26. The third-order valence-corrected chi connectivity index (χ3v) is 5.41. The first-order chi connectivity index (χ1) is 8.05. The highest BCUT2D eigenvalue weighted by atomic mass is 79.9. The Morgan fingerprint density at radius 2 is 1.94 bits per heavy atom. The first-order valence-corrected chi connectivity index (χ1v) is 7.80. The van der Waals surface area contributed by atoms with Crippen LogP contribution in [0.25, 0.3) is 0 Å². The van der Waals surface area contributed by atoms with Crippen molar-refractivity contribution >= 4 is 43.0 Å². The van der Waals surface area contributed by atoms with E-state index in [2.05, 4.69) is 21.2 Å². The average Bonchev–Trinajstić information content (AvgIpc) is 2.20. The molecule has 0 spiro atoms. The third kappa shape index (κ3) is 3.02. The molecule has 0 atom stereocenters. The van der Waals surface area contributed by atoms with Crippen molar-refractivity contribution in [1.29, 1.82) is 0 Å². The predicted molar refractivity (Wildman–Crippen MR) is 76.1 cm³/mol. The maximum Gasteiger partial charge on any atom is 0.245 e. The Balaban J connectivity index is 3.02. The fraction of sp³-hybridized carbons (Fsp3) is 0.364. The van der Waals surface area contributed by atoms with Gasteiger partial charge in [-0.2, -0.15) is 0 Å². The van der Waals surface area contributed by atoms with Gasteiger partial charge in [0, 0.05) is 16.4 Å². The summed E-state index contributed by atoms with van der Waals surface area (Å²) in [5.41, 5.74) is 6.60. The van der Waals surface area contributed by atoms with E-state index in [1.54, 1.807) is 18.2 Å². The maximum absolute atomic E-state index is 12.0. The lowest BCUT2D eigenvalue weighted by molar-refractivity contribution is -0.117. The normalized spacial score (nSPS) is 12.2. The highest BCUT2D eigenvalue weighted by Gasteiger charge is 2.38. The fourth-order valence-corrected chi connectivity index (χ4v) is 1.96. The van der Waals surface area contributed by atoms with Crippen molar-refractivity contribution in [1.82, 2.24) is 0 Å². The number of nitrogens with one attached hydrogen (secondary N) is 1. The number of hydrogen-bond donors (Lipinski definition) is 2. The number of nitrogen functional groups attached to an aromatic ring is 1. The molecule has 0 aliphatic rings. The molecule has 3 N–H and O–H groups in total. The summed E-state index contributed by atoms with van der Waals surface area (Å²) >= 11 is 3.25. The summed E-state index contributed by atoms with van der Waals surface area (Å²) in [6, 6.07) is 4.85. The number of carbonyl (C=O) groups excluding carboxylic acids is 1. The molecular weight excluding hydrogens is 320 g/mol. The van der Waals surface area contributed by atoms with Crippen LogP contribution in [-0.2, 0) is 14.6 Å². The molecule has 5 nitrogen and oxygen atoms in total. The molecule has 0 bridgehead atoms. The van der Waals surface area contributed by atoms with Crippen LogP contribution in [-0.4, -0.2) is 25.3 Å². The van der Waals surface area contributed by atoms with Gasteiger partial charge in [-0.05, 0) is 48.0 Å². The quantitative estimate of drug-likeness (QED) is 0.824. The number of hydrogen-bond acceptors (Lipinski definition) is 4. The summed E-state index contributed by atoms with van der Waals surface area (Å²) < 4.78 is 22.2. The Morgan fingerprint density at radius 3 is 2.39 bits per heavy atom. The van der Waals surface area contributed by atoms with Gasteiger partial charge < -0.3 is 11.1 Å². The van der Waals surface area contributed by atoms with Crippen molar-refractivity contribution in [2.24, 2.45) is 0 Å². The van der Waals surface area contributed by atoms with E-state index in [1.165, 1.54) is 13.8 Å². The molecule has 1 amide bonds. The zero-order valence-electron chi connectivity index (χ0n) is 10.3. The van der Waals surface area contributed by atoms with E-state index in [0.29, 0.717) is 15.8 Å². The number of benzene rings is 1. The number of carbonyl (C=O) groups is 1. The summed E-state index contributed by atoms with van der Waals surface area (Å²) in [7, 11) is -3.49. The molecular formula is C11H15BrN2O3S. The molecule has 0 unspecified atom stereocenters. The number of amides is 1. The summed E-state index contributed by atoms with van der Waals surface area (Å²) in [6.45, 7) is 2.73. The molecule has 0 aliphatic heterocycles. The first kappa shape index (κ1) is 15.0. The lowest BCUT2D eigenvalue weighted by Gasteiger charge is -2.21. The molecule has 0 saturated carbocycles. The second-order valence-corrected chi connectivity index (χ2v) is 7.90. The van der Waals surface area contributed by atoms with Crippen molar-refractivity contribution in [3.8, 4) is 0 Å². The maximum atomic E-state index is 12.0. The van der Waals surface area contributed by atoms with E-state index in [9.17, 15) is 13.2 Å². The van der Waals surface area contributed by atoms with Crippen LogP contribution in [0.1, 0.15) is 13.8 Å². The summed E-state index contributed by atoms with van der Waals surface area (Å²) in [5.74, 6) is -0.588. The topological polar surface area (TPSA) is 89.3 Å². The van der Waals surface area contributed by atoms with Gasteiger partial charge in [0.15, 0.2) is 9.84 Å². The van der Waals surface area contributed by atoms with Crippen molar-refractivity contribution in [3.63, 3.8) is 0 Å². The molecule has 1 aromatic rings. The largest absolute Gasteiger partial charge is 0.399 e. The van der Waals surface area contributed by atoms with Crippen molar-refractivity contribution in [3.05, 3.63) is 22.7 Å². The minimum absolute atomic E-state index is 0.478. The van der Waals surface area contributed by atoms with Gasteiger partial charge in [-0.15, -0.1) is 0 Å². The Kier molecular flexibility index (Phi) is 4.07. The molecule has 1 rings (SSSR count). The number of nitrogens with two attached hydrogens (primary N) is 1. The average molecular weight is 335 g/mol. The monoisotopic (exact) mass is 334 g/mol. The third-order valence-electron chi connectivity index (χ3n) is 2.72. The van der Waals surface area contributed by atoms with E-state index < -0.39 is 20.5 Å². The van der Waals surface area contributed by atoms with Gasteiger partial charge in [0.1, 0.15) is 4.75 Å².